The highest BCUT2D eigenvalue weighted by atomic mass is 19.1. The average molecular weight is 556 g/mol. The third-order valence-corrected chi connectivity index (χ3v) is 8.87. The number of aryl methyl sites for hydroxylation is 1. The zero-order valence-corrected chi connectivity index (χ0v) is 24.5. The van der Waals surface area contributed by atoms with E-state index in [4.69, 9.17) is 4.74 Å². The monoisotopic (exact) mass is 555 g/mol. The number of aromatic amines is 1. The summed E-state index contributed by atoms with van der Waals surface area (Å²) in [6.45, 7) is 9.88. The van der Waals surface area contributed by atoms with Gasteiger partial charge in [-0.15, -0.1) is 0 Å². The van der Waals surface area contributed by atoms with Crippen molar-refractivity contribution in [2.45, 2.75) is 59.0 Å². The number of ether oxygens (including phenoxy) is 1. The van der Waals surface area contributed by atoms with Gasteiger partial charge in [-0.3, -0.25) is 9.59 Å². The number of para-hydroxylation sites is 1. The Morgan fingerprint density at radius 3 is 2.37 bits per heavy atom. The SMILES string of the molecule is COc1ccc(NC(=O)C(C)(C)N(Cc2ccccc2F)C(=O)C[C@@H]2[C@H](c3c(C)[nH]c4ccccc34)C2(C)C)cc1. The predicted molar refractivity (Wildman–Crippen MR) is 160 cm³/mol. The van der Waals surface area contributed by atoms with E-state index in [1.807, 2.05) is 12.1 Å². The van der Waals surface area contributed by atoms with Gasteiger partial charge < -0.3 is 19.9 Å². The van der Waals surface area contributed by atoms with Gasteiger partial charge in [-0.1, -0.05) is 50.2 Å². The van der Waals surface area contributed by atoms with Crippen LogP contribution in [0, 0.1) is 24.1 Å². The second-order valence-corrected chi connectivity index (χ2v) is 12.1. The summed E-state index contributed by atoms with van der Waals surface area (Å²) in [4.78, 5) is 32.8. The molecule has 41 heavy (non-hydrogen) atoms. The second-order valence-electron chi connectivity index (χ2n) is 12.1. The third-order valence-electron chi connectivity index (χ3n) is 8.87. The summed E-state index contributed by atoms with van der Waals surface area (Å²) in [6, 6.07) is 21.6. The Morgan fingerprint density at radius 1 is 1.02 bits per heavy atom. The standard InChI is InChI=1S/C34H38FN3O3/c1-21-30(25-12-8-10-14-28(25)36-21)31-26(33(31,2)3)19-29(39)38(20-22-11-7-9-13-27(22)35)34(4,5)32(40)37-23-15-17-24(41-6)18-16-23/h7-18,26,31,36H,19-20H2,1-6H3,(H,37,40)/t26-,31-/m1/s1. The van der Waals surface area contributed by atoms with Crippen LogP contribution in [0.3, 0.4) is 0 Å². The largest absolute Gasteiger partial charge is 0.497 e. The summed E-state index contributed by atoms with van der Waals surface area (Å²) >= 11 is 0. The number of benzene rings is 3. The molecule has 0 radical (unpaired) electrons. The molecule has 0 unspecified atom stereocenters. The number of amides is 2. The topological polar surface area (TPSA) is 74.4 Å². The molecular formula is C34H38FN3O3. The van der Waals surface area contributed by atoms with E-state index in [0.717, 1.165) is 11.2 Å². The lowest BCUT2D eigenvalue weighted by Gasteiger charge is -2.38. The van der Waals surface area contributed by atoms with Gasteiger partial charge in [0.1, 0.15) is 17.1 Å². The van der Waals surface area contributed by atoms with Gasteiger partial charge >= 0.3 is 0 Å². The first-order valence-electron chi connectivity index (χ1n) is 14.0. The molecule has 1 aliphatic carbocycles. The maximum Gasteiger partial charge on any atom is 0.249 e. The minimum absolute atomic E-state index is 0.0154. The molecular weight excluding hydrogens is 517 g/mol. The maximum atomic E-state index is 14.8. The average Bonchev–Trinajstić information content (AvgIpc) is 3.29. The molecule has 0 aliphatic heterocycles. The molecule has 0 bridgehead atoms. The Labute approximate surface area is 240 Å². The number of fused-ring (bicyclic) bond motifs is 1. The molecule has 1 heterocycles. The highest BCUT2D eigenvalue weighted by Gasteiger charge is 2.60. The summed E-state index contributed by atoms with van der Waals surface area (Å²) in [5, 5.41) is 4.11. The van der Waals surface area contributed by atoms with E-state index in [0.29, 0.717) is 17.0 Å². The summed E-state index contributed by atoms with van der Waals surface area (Å²) < 4.78 is 20.0. The van der Waals surface area contributed by atoms with E-state index < -0.39 is 11.4 Å². The van der Waals surface area contributed by atoms with Crippen LogP contribution in [0.5, 0.6) is 5.75 Å². The summed E-state index contributed by atoms with van der Waals surface area (Å²) in [5.74, 6) is -0.000343. The zero-order valence-electron chi connectivity index (χ0n) is 24.5. The Morgan fingerprint density at radius 2 is 1.68 bits per heavy atom. The molecule has 1 aromatic heterocycles. The Kier molecular flexibility index (Phi) is 7.41. The molecule has 1 saturated carbocycles. The summed E-state index contributed by atoms with van der Waals surface area (Å²) in [5.41, 5.74) is 3.04. The zero-order chi connectivity index (χ0) is 29.5. The first kappa shape index (κ1) is 28.4. The van der Waals surface area contributed by atoms with E-state index in [2.05, 4.69) is 43.2 Å². The Hall–Kier alpha value is -4.13. The van der Waals surface area contributed by atoms with Crippen molar-refractivity contribution in [1.29, 1.82) is 0 Å². The minimum Gasteiger partial charge on any atom is -0.497 e. The molecule has 1 aliphatic rings. The number of nitrogens with one attached hydrogen (secondary N) is 2. The van der Waals surface area contributed by atoms with E-state index in [1.54, 1.807) is 63.4 Å². The molecule has 5 rings (SSSR count). The van der Waals surface area contributed by atoms with Gasteiger partial charge in [0, 0.05) is 40.8 Å². The molecule has 4 aromatic rings. The lowest BCUT2D eigenvalue weighted by molar-refractivity contribution is -0.145. The van der Waals surface area contributed by atoms with Crippen LogP contribution in [0.2, 0.25) is 0 Å². The minimum atomic E-state index is -1.26. The quantitative estimate of drug-likeness (QED) is 0.229. The molecule has 214 valence electrons. The lowest BCUT2D eigenvalue weighted by atomic mass is 9.97. The van der Waals surface area contributed by atoms with Crippen molar-refractivity contribution in [1.82, 2.24) is 9.88 Å². The normalized spacial score (nSPS) is 17.7. The number of aromatic nitrogens is 1. The Bertz CT molecular complexity index is 1590. The van der Waals surface area contributed by atoms with Gasteiger partial charge in [-0.05, 0) is 80.0 Å². The molecule has 7 heteroatoms. The molecule has 0 saturated heterocycles. The molecule has 3 aromatic carbocycles. The van der Waals surface area contributed by atoms with Crippen LogP contribution in [-0.2, 0) is 16.1 Å². The number of hydrogen-bond donors (Lipinski definition) is 2. The van der Waals surface area contributed by atoms with Gasteiger partial charge in [0.15, 0.2) is 0 Å². The van der Waals surface area contributed by atoms with Gasteiger partial charge in [0.2, 0.25) is 11.8 Å². The number of rotatable bonds is 9. The Balaban J connectivity index is 1.42. The van der Waals surface area contributed by atoms with Crippen molar-refractivity contribution >= 4 is 28.4 Å². The van der Waals surface area contributed by atoms with E-state index >= 15 is 0 Å². The van der Waals surface area contributed by atoms with Crippen molar-refractivity contribution in [3.63, 3.8) is 0 Å². The highest BCUT2D eigenvalue weighted by molar-refractivity contribution is 6.00. The number of anilines is 1. The lowest BCUT2D eigenvalue weighted by Crippen LogP contribution is -2.55. The number of methoxy groups -OCH3 is 1. The summed E-state index contributed by atoms with van der Waals surface area (Å²) in [7, 11) is 1.58. The van der Waals surface area contributed by atoms with Crippen LogP contribution < -0.4 is 10.1 Å². The number of carbonyl (C=O) groups is 2. The highest BCUT2D eigenvalue weighted by Crippen LogP contribution is 2.67. The van der Waals surface area contributed by atoms with Crippen LogP contribution in [0.1, 0.15) is 56.9 Å². The van der Waals surface area contributed by atoms with Crippen LogP contribution >= 0.6 is 0 Å². The van der Waals surface area contributed by atoms with Gasteiger partial charge in [0.05, 0.1) is 7.11 Å². The van der Waals surface area contributed by atoms with Gasteiger partial charge in [0.25, 0.3) is 0 Å². The predicted octanol–water partition coefficient (Wildman–Crippen LogP) is 7.20. The number of carbonyl (C=O) groups excluding carboxylic acids is 2. The first-order valence-corrected chi connectivity index (χ1v) is 14.0. The van der Waals surface area contributed by atoms with Crippen molar-refractivity contribution in [3.05, 3.63) is 95.4 Å². The van der Waals surface area contributed by atoms with E-state index in [9.17, 15) is 14.0 Å². The fourth-order valence-corrected chi connectivity index (χ4v) is 6.17. The van der Waals surface area contributed by atoms with E-state index in [1.165, 1.54) is 21.9 Å². The molecule has 0 spiro atoms. The number of halogens is 1. The molecule has 2 N–H and O–H groups in total. The van der Waals surface area contributed by atoms with Crippen LogP contribution in [0.15, 0.2) is 72.8 Å². The van der Waals surface area contributed by atoms with E-state index in [-0.39, 0.29) is 42.0 Å². The number of nitrogens with zero attached hydrogens (tertiary/aromatic N) is 1. The van der Waals surface area contributed by atoms with Crippen LogP contribution in [0.4, 0.5) is 10.1 Å². The smallest absolute Gasteiger partial charge is 0.249 e. The molecule has 2 amide bonds. The van der Waals surface area contributed by atoms with Crippen molar-refractivity contribution < 1.29 is 18.7 Å². The van der Waals surface area contributed by atoms with Crippen molar-refractivity contribution in [2.24, 2.45) is 11.3 Å². The van der Waals surface area contributed by atoms with Crippen LogP contribution in [0.25, 0.3) is 10.9 Å². The maximum absolute atomic E-state index is 14.8. The third kappa shape index (κ3) is 5.33. The van der Waals surface area contributed by atoms with Gasteiger partial charge in [-0.2, -0.15) is 0 Å². The summed E-state index contributed by atoms with van der Waals surface area (Å²) in [6.07, 6.45) is 0.254. The molecule has 6 nitrogen and oxygen atoms in total. The van der Waals surface area contributed by atoms with Crippen molar-refractivity contribution in [2.75, 3.05) is 12.4 Å². The first-order chi connectivity index (χ1) is 19.4. The van der Waals surface area contributed by atoms with Crippen molar-refractivity contribution in [3.8, 4) is 5.75 Å². The number of hydrogen-bond acceptors (Lipinski definition) is 3. The fraction of sp³-hybridized carbons (Fsp3) is 0.353. The number of H-pyrrole nitrogens is 1. The van der Waals surface area contributed by atoms with Gasteiger partial charge in [-0.25, -0.2) is 4.39 Å². The second kappa shape index (κ2) is 10.7. The van der Waals surface area contributed by atoms with Crippen LogP contribution in [-0.4, -0.2) is 34.3 Å². The fourth-order valence-electron chi connectivity index (χ4n) is 6.17. The molecule has 2 atom stereocenters. The molecule has 1 fully saturated rings.